The summed E-state index contributed by atoms with van der Waals surface area (Å²) < 4.78 is 0. The van der Waals surface area contributed by atoms with Crippen LogP contribution in [0.3, 0.4) is 0 Å². The molecule has 1 N–H and O–H groups in total. The lowest BCUT2D eigenvalue weighted by Crippen LogP contribution is -2.43. The highest BCUT2D eigenvalue weighted by molar-refractivity contribution is 5.81. The number of rotatable bonds is 4. The first-order valence-electron chi connectivity index (χ1n) is 9.96. The van der Waals surface area contributed by atoms with E-state index in [-0.39, 0.29) is 5.91 Å². The van der Waals surface area contributed by atoms with Crippen LogP contribution in [0.15, 0.2) is 4.99 Å². The lowest BCUT2D eigenvalue weighted by atomic mass is 9.68. The fourth-order valence-corrected chi connectivity index (χ4v) is 4.50. The highest BCUT2D eigenvalue weighted by atomic mass is 16.2. The second kappa shape index (κ2) is 7.75. The van der Waals surface area contributed by atoms with Gasteiger partial charge in [0, 0.05) is 38.6 Å². The number of guanidine groups is 1. The molecule has 1 atom stereocenters. The van der Waals surface area contributed by atoms with Crippen molar-refractivity contribution in [2.75, 3.05) is 32.7 Å². The molecule has 1 saturated carbocycles. The lowest BCUT2D eigenvalue weighted by molar-refractivity contribution is -0.134. The number of likely N-dealkylation sites (tertiary alicyclic amines) is 2. The molecule has 2 heterocycles. The third kappa shape index (κ3) is 3.86. The van der Waals surface area contributed by atoms with Crippen LogP contribution in [0.5, 0.6) is 0 Å². The highest BCUT2D eigenvalue weighted by Gasteiger charge is 2.43. The van der Waals surface area contributed by atoms with Crippen molar-refractivity contribution in [3.63, 3.8) is 0 Å². The van der Waals surface area contributed by atoms with E-state index in [4.69, 9.17) is 4.99 Å². The number of hydrogen-bond donors (Lipinski definition) is 1. The van der Waals surface area contributed by atoms with Crippen LogP contribution in [0, 0.1) is 5.41 Å². The minimum atomic E-state index is 0.277. The molecule has 3 rings (SSSR count). The quantitative estimate of drug-likeness (QED) is 0.635. The van der Waals surface area contributed by atoms with Crippen molar-refractivity contribution in [3.8, 4) is 0 Å². The number of carbonyl (C=O) groups excluding carboxylic acids is 1. The smallest absolute Gasteiger partial charge is 0.224 e. The van der Waals surface area contributed by atoms with E-state index in [1.54, 1.807) is 0 Å². The summed E-state index contributed by atoms with van der Waals surface area (Å²) in [7, 11) is 0. The Kier molecular flexibility index (Phi) is 5.67. The monoisotopic (exact) mass is 334 g/mol. The standard InChI is InChI=1S/C19H34N4O/c1-3-20-18(22-14-11-19(15-22)9-6-10-19)21-12-8-17(24)23-13-5-4-7-16(23)2/h16H,3-15H2,1-2H3,(H,20,21). The second-order valence-corrected chi connectivity index (χ2v) is 7.94. The van der Waals surface area contributed by atoms with Gasteiger partial charge in [-0.25, -0.2) is 0 Å². The van der Waals surface area contributed by atoms with E-state index in [0.29, 0.717) is 24.4 Å². The first-order valence-corrected chi connectivity index (χ1v) is 9.96. The van der Waals surface area contributed by atoms with Crippen LogP contribution in [0.2, 0.25) is 0 Å². The van der Waals surface area contributed by atoms with Crippen LogP contribution in [-0.4, -0.2) is 60.4 Å². The average molecular weight is 335 g/mol. The van der Waals surface area contributed by atoms with Crippen molar-refractivity contribution in [3.05, 3.63) is 0 Å². The van der Waals surface area contributed by atoms with Gasteiger partial charge in [0.2, 0.25) is 5.91 Å². The molecule has 2 saturated heterocycles. The third-order valence-electron chi connectivity index (χ3n) is 6.20. The number of amides is 1. The van der Waals surface area contributed by atoms with Gasteiger partial charge in [-0.15, -0.1) is 0 Å². The Morgan fingerprint density at radius 2 is 2.04 bits per heavy atom. The Labute approximate surface area is 146 Å². The Bertz CT molecular complexity index is 472. The normalized spacial score (nSPS) is 26.6. The van der Waals surface area contributed by atoms with Gasteiger partial charge in [-0.05, 0) is 57.8 Å². The van der Waals surface area contributed by atoms with Crippen molar-refractivity contribution < 1.29 is 4.79 Å². The summed E-state index contributed by atoms with van der Waals surface area (Å²) in [4.78, 5) is 21.7. The Balaban J connectivity index is 1.51. The van der Waals surface area contributed by atoms with E-state index < -0.39 is 0 Å². The van der Waals surface area contributed by atoms with Gasteiger partial charge in [0.25, 0.3) is 0 Å². The zero-order valence-corrected chi connectivity index (χ0v) is 15.5. The van der Waals surface area contributed by atoms with E-state index in [0.717, 1.165) is 45.0 Å². The van der Waals surface area contributed by atoms with Gasteiger partial charge in [-0.2, -0.15) is 0 Å². The van der Waals surface area contributed by atoms with Crippen LogP contribution < -0.4 is 5.32 Å². The van der Waals surface area contributed by atoms with E-state index in [2.05, 4.69) is 29.0 Å². The van der Waals surface area contributed by atoms with E-state index in [9.17, 15) is 4.79 Å². The number of aliphatic imine (C=N–C) groups is 1. The second-order valence-electron chi connectivity index (χ2n) is 7.94. The number of piperidine rings is 1. The number of nitrogens with zero attached hydrogens (tertiary/aromatic N) is 3. The van der Waals surface area contributed by atoms with Crippen molar-refractivity contribution in [2.24, 2.45) is 10.4 Å². The number of hydrogen-bond acceptors (Lipinski definition) is 2. The Morgan fingerprint density at radius 3 is 2.67 bits per heavy atom. The Hall–Kier alpha value is -1.26. The lowest BCUT2D eigenvalue weighted by Gasteiger charge is -2.38. The highest BCUT2D eigenvalue weighted by Crippen LogP contribution is 2.47. The van der Waals surface area contributed by atoms with Crippen molar-refractivity contribution in [1.82, 2.24) is 15.1 Å². The van der Waals surface area contributed by atoms with Gasteiger partial charge in [0.15, 0.2) is 5.96 Å². The number of nitrogens with one attached hydrogen (secondary N) is 1. The molecule has 136 valence electrons. The van der Waals surface area contributed by atoms with Crippen molar-refractivity contribution in [1.29, 1.82) is 0 Å². The molecular formula is C19H34N4O. The molecule has 0 radical (unpaired) electrons. The van der Waals surface area contributed by atoms with E-state index >= 15 is 0 Å². The molecule has 1 spiro atoms. The molecular weight excluding hydrogens is 300 g/mol. The maximum Gasteiger partial charge on any atom is 0.224 e. The fraction of sp³-hybridized carbons (Fsp3) is 0.895. The maximum absolute atomic E-state index is 12.5. The zero-order chi connectivity index (χ0) is 17.0. The molecule has 3 aliphatic rings. The van der Waals surface area contributed by atoms with Crippen LogP contribution in [0.1, 0.15) is 65.2 Å². The molecule has 0 aromatic carbocycles. The molecule has 5 nitrogen and oxygen atoms in total. The van der Waals surface area contributed by atoms with Gasteiger partial charge in [0.05, 0.1) is 6.54 Å². The van der Waals surface area contributed by atoms with Gasteiger partial charge in [-0.3, -0.25) is 9.79 Å². The number of carbonyl (C=O) groups is 1. The molecule has 24 heavy (non-hydrogen) atoms. The summed E-state index contributed by atoms with van der Waals surface area (Å²) in [5.41, 5.74) is 0.579. The van der Waals surface area contributed by atoms with Crippen LogP contribution in [-0.2, 0) is 4.79 Å². The van der Waals surface area contributed by atoms with Crippen LogP contribution in [0.4, 0.5) is 0 Å². The molecule has 5 heteroatoms. The summed E-state index contributed by atoms with van der Waals surface area (Å²) in [5.74, 6) is 1.29. The first-order chi connectivity index (χ1) is 11.6. The van der Waals surface area contributed by atoms with Crippen molar-refractivity contribution >= 4 is 11.9 Å². The maximum atomic E-state index is 12.5. The summed E-state index contributed by atoms with van der Waals surface area (Å²) >= 11 is 0. The summed E-state index contributed by atoms with van der Waals surface area (Å²) in [5, 5.41) is 3.42. The molecule has 3 fully saturated rings. The summed E-state index contributed by atoms with van der Waals surface area (Å²) in [6.45, 7) is 8.97. The van der Waals surface area contributed by atoms with E-state index in [1.807, 2.05) is 0 Å². The van der Waals surface area contributed by atoms with Crippen molar-refractivity contribution in [2.45, 2.75) is 71.3 Å². The van der Waals surface area contributed by atoms with Gasteiger partial charge in [0.1, 0.15) is 0 Å². The predicted octanol–water partition coefficient (Wildman–Crippen LogP) is 2.62. The average Bonchev–Trinajstić information content (AvgIpc) is 3.00. The molecule has 0 aromatic heterocycles. The molecule has 1 unspecified atom stereocenters. The van der Waals surface area contributed by atoms with Gasteiger partial charge in [-0.1, -0.05) is 6.42 Å². The minimum Gasteiger partial charge on any atom is -0.357 e. The van der Waals surface area contributed by atoms with Crippen LogP contribution >= 0.6 is 0 Å². The van der Waals surface area contributed by atoms with Crippen LogP contribution in [0.25, 0.3) is 0 Å². The SMILES string of the molecule is CCNC(=NCCC(=O)N1CCCCC1C)N1CCC2(CCC2)C1. The molecule has 0 bridgehead atoms. The Morgan fingerprint density at radius 1 is 1.21 bits per heavy atom. The third-order valence-corrected chi connectivity index (χ3v) is 6.20. The predicted molar refractivity (Wildman–Crippen MR) is 98.1 cm³/mol. The molecule has 0 aromatic rings. The fourth-order valence-electron chi connectivity index (χ4n) is 4.50. The largest absolute Gasteiger partial charge is 0.357 e. The summed E-state index contributed by atoms with van der Waals surface area (Å²) in [6.07, 6.45) is 9.56. The molecule has 1 aliphatic carbocycles. The zero-order valence-electron chi connectivity index (χ0n) is 15.5. The van der Waals surface area contributed by atoms with Gasteiger partial charge < -0.3 is 15.1 Å². The van der Waals surface area contributed by atoms with Gasteiger partial charge >= 0.3 is 0 Å². The molecule has 1 amide bonds. The minimum absolute atomic E-state index is 0.277. The van der Waals surface area contributed by atoms with E-state index in [1.165, 1.54) is 32.1 Å². The first kappa shape index (κ1) is 17.6. The summed E-state index contributed by atoms with van der Waals surface area (Å²) in [6, 6.07) is 0.403. The topological polar surface area (TPSA) is 47.9 Å². The molecule has 2 aliphatic heterocycles.